The summed E-state index contributed by atoms with van der Waals surface area (Å²) in [5.41, 5.74) is -0.396. The van der Waals surface area contributed by atoms with Crippen LogP contribution in [-0.4, -0.2) is 32.1 Å². The molecule has 0 aliphatic rings. The number of aromatic amines is 1. The first kappa shape index (κ1) is 14.7. The van der Waals surface area contributed by atoms with Crippen LogP contribution in [0.5, 0.6) is 0 Å². The Morgan fingerprint density at radius 3 is 2.67 bits per heavy atom. The average Bonchev–Trinajstić information content (AvgIpc) is 2.87. The third kappa shape index (κ3) is 3.23. The minimum absolute atomic E-state index is 0.00275. The predicted octanol–water partition coefficient (Wildman–Crippen LogP) is 2.03. The molecule has 108 valence electrons. The molecule has 0 unspecified atom stereocenters. The van der Waals surface area contributed by atoms with Crippen molar-refractivity contribution in [3.05, 3.63) is 50.1 Å². The van der Waals surface area contributed by atoms with Gasteiger partial charge in [-0.1, -0.05) is 0 Å². The van der Waals surface area contributed by atoms with Crippen LogP contribution in [0.4, 0.5) is 11.5 Å². The highest BCUT2D eigenvalue weighted by molar-refractivity contribution is 9.10. The van der Waals surface area contributed by atoms with Gasteiger partial charge in [0.25, 0.3) is 11.6 Å². The summed E-state index contributed by atoms with van der Waals surface area (Å²) in [7, 11) is 0. The minimum Gasteiger partial charge on any atom is -0.477 e. The van der Waals surface area contributed by atoms with Crippen molar-refractivity contribution >= 4 is 39.3 Å². The number of hydrogen-bond acceptors (Lipinski definition) is 5. The van der Waals surface area contributed by atoms with Crippen LogP contribution in [0.2, 0.25) is 0 Å². The Morgan fingerprint density at radius 2 is 2.10 bits per heavy atom. The maximum absolute atomic E-state index is 11.9. The number of benzene rings is 1. The van der Waals surface area contributed by atoms with Crippen molar-refractivity contribution < 1.29 is 19.6 Å². The van der Waals surface area contributed by atoms with Crippen LogP contribution in [0.1, 0.15) is 20.8 Å². The lowest BCUT2D eigenvalue weighted by molar-refractivity contribution is -0.385. The quantitative estimate of drug-likeness (QED) is 0.567. The van der Waals surface area contributed by atoms with Gasteiger partial charge in [-0.2, -0.15) is 5.10 Å². The number of carbonyl (C=O) groups is 2. The first-order valence-electron chi connectivity index (χ1n) is 5.42. The van der Waals surface area contributed by atoms with Crippen molar-refractivity contribution in [2.45, 2.75) is 0 Å². The summed E-state index contributed by atoms with van der Waals surface area (Å²) in [6.45, 7) is 0. The lowest BCUT2D eigenvalue weighted by Crippen LogP contribution is -2.12. The Kier molecular flexibility index (Phi) is 3.98. The number of carboxylic acids is 1. The Bertz CT molecular complexity index is 742. The second kappa shape index (κ2) is 5.71. The third-order valence-corrected chi connectivity index (χ3v) is 3.13. The Labute approximate surface area is 125 Å². The number of nitro benzene ring substituents is 1. The van der Waals surface area contributed by atoms with E-state index in [1.165, 1.54) is 12.1 Å². The molecule has 0 bridgehead atoms. The molecule has 9 nitrogen and oxygen atoms in total. The number of aromatic carboxylic acids is 1. The van der Waals surface area contributed by atoms with Gasteiger partial charge in [0.15, 0.2) is 5.82 Å². The number of aromatic nitrogens is 2. The lowest BCUT2D eigenvalue weighted by Gasteiger charge is -2.02. The second-order valence-electron chi connectivity index (χ2n) is 3.85. The number of carbonyl (C=O) groups excluding carboxylic acids is 1. The molecule has 1 heterocycles. The second-order valence-corrected chi connectivity index (χ2v) is 4.70. The number of nitro groups is 1. The standard InChI is InChI=1S/C11H7BrN4O5/c12-6-2-1-5(3-8(6)16(20)21)10(17)13-9-4-7(11(18)19)14-15-9/h1-4H,(H,18,19)(H2,13,14,15,17). The molecule has 0 fully saturated rings. The molecule has 10 heteroatoms. The summed E-state index contributed by atoms with van der Waals surface area (Å²) in [6.07, 6.45) is 0. The van der Waals surface area contributed by atoms with E-state index in [4.69, 9.17) is 5.11 Å². The molecule has 0 saturated heterocycles. The van der Waals surface area contributed by atoms with Crippen LogP contribution < -0.4 is 5.32 Å². The summed E-state index contributed by atoms with van der Waals surface area (Å²) < 4.78 is 0.247. The smallest absolute Gasteiger partial charge is 0.353 e. The summed E-state index contributed by atoms with van der Waals surface area (Å²) in [4.78, 5) is 32.8. The van der Waals surface area contributed by atoms with Gasteiger partial charge in [-0.3, -0.25) is 20.0 Å². The van der Waals surface area contributed by atoms with Crippen molar-refractivity contribution in [1.82, 2.24) is 10.2 Å². The first-order chi connectivity index (χ1) is 9.88. The maximum atomic E-state index is 11.9. The van der Waals surface area contributed by atoms with Crippen molar-refractivity contribution in [3.63, 3.8) is 0 Å². The molecule has 0 spiro atoms. The lowest BCUT2D eigenvalue weighted by atomic mass is 10.2. The van der Waals surface area contributed by atoms with E-state index in [0.717, 1.165) is 12.1 Å². The van der Waals surface area contributed by atoms with Crippen LogP contribution in [-0.2, 0) is 0 Å². The van der Waals surface area contributed by atoms with Gasteiger partial charge in [0.1, 0.15) is 5.69 Å². The molecular formula is C11H7BrN4O5. The predicted molar refractivity (Wildman–Crippen MR) is 74.3 cm³/mol. The Morgan fingerprint density at radius 1 is 1.38 bits per heavy atom. The van der Waals surface area contributed by atoms with Gasteiger partial charge in [-0.25, -0.2) is 4.79 Å². The number of amides is 1. The largest absolute Gasteiger partial charge is 0.477 e. The van der Waals surface area contributed by atoms with Gasteiger partial charge in [0.05, 0.1) is 9.40 Å². The van der Waals surface area contributed by atoms with E-state index in [0.29, 0.717) is 0 Å². The molecule has 21 heavy (non-hydrogen) atoms. The molecule has 3 N–H and O–H groups in total. The molecule has 0 aliphatic carbocycles. The summed E-state index contributed by atoms with van der Waals surface area (Å²) >= 11 is 3.01. The van der Waals surface area contributed by atoms with Gasteiger partial charge >= 0.3 is 5.97 Å². The molecule has 0 radical (unpaired) electrons. The van der Waals surface area contributed by atoms with Crippen LogP contribution in [0.3, 0.4) is 0 Å². The number of carboxylic acid groups (broad SMARTS) is 1. The molecule has 1 aromatic heterocycles. The van der Waals surface area contributed by atoms with Crippen LogP contribution in [0.15, 0.2) is 28.7 Å². The number of nitrogens with zero attached hydrogens (tertiary/aromatic N) is 2. The molecule has 2 aromatic rings. The van der Waals surface area contributed by atoms with Crippen LogP contribution >= 0.6 is 15.9 Å². The number of H-pyrrole nitrogens is 1. The average molecular weight is 355 g/mol. The fourth-order valence-electron chi connectivity index (χ4n) is 1.48. The van der Waals surface area contributed by atoms with E-state index in [-0.39, 0.29) is 27.2 Å². The fourth-order valence-corrected chi connectivity index (χ4v) is 1.87. The van der Waals surface area contributed by atoms with Crippen molar-refractivity contribution in [1.29, 1.82) is 0 Å². The van der Waals surface area contributed by atoms with E-state index in [1.54, 1.807) is 0 Å². The van der Waals surface area contributed by atoms with Crippen molar-refractivity contribution in [3.8, 4) is 0 Å². The number of halogens is 1. The SMILES string of the molecule is O=C(Nc1cc(C(=O)O)[nH]n1)c1ccc(Br)c([N+](=O)[O-])c1. The molecule has 1 amide bonds. The fraction of sp³-hybridized carbons (Fsp3) is 0. The minimum atomic E-state index is -1.22. The van der Waals surface area contributed by atoms with Crippen molar-refractivity contribution in [2.24, 2.45) is 0 Å². The van der Waals surface area contributed by atoms with Crippen LogP contribution in [0.25, 0.3) is 0 Å². The van der Waals surface area contributed by atoms with E-state index in [9.17, 15) is 19.7 Å². The summed E-state index contributed by atoms with van der Waals surface area (Å²) in [5.74, 6) is -1.86. The molecule has 0 atom stereocenters. The number of nitrogens with one attached hydrogen (secondary N) is 2. The molecule has 1 aromatic carbocycles. The van der Waals surface area contributed by atoms with Crippen LogP contribution in [0, 0.1) is 10.1 Å². The van der Waals surface area contributed by atoms with Gasteiger partial charge in [-0.15, -0.1) is 0 Å². The van der Waals surface area contributed by atoms with Crippen molar-refractivity contribution in [2.75, 3.05) is 5.32 Å². The van der Waals surface area contributed by atoms with Gasteiger partial charge < -0.3 is 10.4 Å². The molecular weight excluding hydrogens is 348 g/mol. The maximum Gasteiger partial charge on any atom is 0.353 e. The van der Waals surface area contributed by atoms with E-state index >= 15 is 0 Å². The topological polar surface area (TPSA) is 138 Å². The zero-order valence-electron chi connectivity index (χ0n) is 10.2. The zero-order valence-corrected chi connectivity index (χ0v) is 11.7. The molecule has 0 saturated carbocycles. The first-order valence-corrected chi connectivity index (χ1v) is 6.22. The highest BCUT2D eigenvalue weighted by Gasteiger charge is 2.17. The van der Waals surface area contributed by atoms with Gasteiger partial charge in [0, 0.05) is 17.7 Å². The van der Waals surface area contributed by atoms with E-state index in [2.05, 4.69) is 31.4 Å². The number of hydrogen-bond donors (Lipinski definition) is 3. The summed E-state index contributed by atoms with van der Waals surface area (Å²) in [5, 5.41) is 27.7. The van der Waals surface area contributed by atoms with E-state index < -0.39 is 16.8 Å². The van der Waals surface area contributed by atoms with Gasteiger partial charge in [-0.05, 0) is 28.1 Å². The normalized spacial score (nSPS) is 10.1. The van der Waals surface area contributed by atoms with Gasteiger partial charge in [0.2, 0.25) is 0 Å². The zero-order chi connectivity index (χ0) is 15.6. The molecule has 0 aliphatic heterocycles. The Balaban J connectivity index is 2.22. The monoisotopic (exact) mass is 354 g/mol. The van der Waals surface area contributed by atoms with E-state index in [1.807, 2.05) is 0 Å². The molecule has 2 rings (SSSR count). The highest BCUT2D eigenvalue weighted by Crippen LogP contribution is 2.25. The third-order valence-electron chi connectivity index (χ3n) is 2.45. The summed E-state index contributed by atoms with van der Waals surface area (Å²) in [6, 6.07) is 5.00. The Hall–Kier alpha value is -2.75. The number of anilines is 1. The number of rotatable bonds is 4. The highest BCUT2D eigenvalue weighted by atomic mass is 79.9.